The fourth-order valence-corrected chi connectivity index (χ4v) is 15.2. The maximum Gasteiger partial charge on any atom is 0.197 e. The summed E-state index contributed by atoms with van der Waals surface area (Å²) in [6.45, 7) is 0. The van der Waals surface area contributed by atoms with Crippen molar-refractivity contribution in [2.45, 2.75) is 37.5 Å². The maximum absolute atomic E-state index is 13.6. The van der Waals surface area contributed by atoms with Gasteiger partial charge in [-0.2, -0.15) is 0 Å². The minimum absolute atomic E-state index is 0.103. The number of carbonyl (C=O) groups excluding carboxylic acids is 4. The molecule has 12 rings (SSSR count). The number of hydrogen-bond donors (Lipinski definition) is 0. The van der Waals surface area contributed by atoms with Crippen LogP contribution in [0, 0.1) is 0 Å². The van der Waals surface area contributed by atoms with Gasteiger partial charge in [0.15, 0.2) is 23.1 Å². The van der Waals surface area contributed by atoms with Gasteiger partial charge in [0.25, 0.3) is 0 Å². The van der Waals surface area contributed by atoms with E-state index in [9.17, 15) is 19.2 Å². The molecule has 1 spiro atoms. The van der Waals surface area contributed by atoms with Crippen molar-refractivity contribution in [3.8, 4) is 9.75 Å². The Labute approximate surface area is 324 Å². The molecule has 8 aromatic rings. The molecule has 4 aromatic carbocycles. The van der Waals surface area contributed by atoms with Crippen LogP contribution in [0.2, 0.25) is 0 Å². The Hall–Kier alpha value is -5.12. The van der Waals surface area contributed by atoms with Crippen molar-refractivity contribution >= 4 is 121 Å². The molecule has 1 fully saturated rings. The number of rotatable bonds is 2. The van der Waals surface area contributed by atoms with Crippen LogP contribution in [-0.4, -0.2) is 23.1 Å². The van der Waals surface area contributed by atoms with Gasteiger partial charge >= 0.3 is 0 Å². The van der Waals surface area contributed by atoms with Crippen LogP contribution in [0.1, 0.15) is 94.4 Å². The van der Waals surface area contributed by atoms with Crippen LogP contribution in [0.15, 0.2) is 96.1 Å². The SMILES string of the molecule is O=C1C(=Cc2cc3sc4c(c3s2)C2(CCCCC2)c2c-4sc3cc(C=C4C(=O)c5cc6ccccc6cc5C4=O)sc23)C(=O)c2cc3ccccc3cc21. The second kappa shape index (κ2) is 11.0. The molecule has 0 unspecified atom stereocenters. The third kappa shape index (κ3) is 4.11. The monoisotopic (exact) mass is 770 g/mol. The highest BCUT2D eigenvalue weighted by Gasteiger charge is 2.49. The lowest BCUT2D eigenvalue weighted by Gasteiger charge is -2.35. The molecule has 0 atom stereocenters. The van der Waals surface area contributed by atoms with Crippen molar-refractivity contribution in [2.75, 3.05) is 0 Å². The van der Waals surface area contributed by atoms with Crippen LogP contribution in [0.4, 0.5) is 0 Å². The predicted molar refractivity (Wildman–Crippen MR) is 223 cm³/mol. The summed E-state index contributed by atoms with van der Waals surface area (Å²) in [6.07, 6.45) is 9.32. The minimum Gasteiger partial charge on any atom is -0.288 e. The average Bonchev–Trinajstić information content (AvgIpc) is 4.03. The van der Waals surface area contributed by atoms with Crippen molar-refractivity contribution in [3.05, 3.63) is 139 Å². The fourth-order valence-electron chi connectivity index (χ4n) is 9.49. The summed E-state index contributed by atoms with van der Waals surface area (Å²) < 4.78 is 4.96. The Bertz CT molecular complexity index is 2850. The standard InChI is InChI=1S/C46H26O4S4/c47-38-28-14-22-8-2-3-9-23(22)15-29(28)39(48)32(38)18-26-20-34-42(51-26)36-44(53-34)45-37(46(36)12-6-1-7-13-46)43-35(54-45)21-27(52-43)19-33-40(49)30-16-24-10-4-5-11-25(24)17-31(30)41(33)50/h2-5,8-11,14-21H,1,6-7,12-13H2. The first kappa shape index (κ1) is 31.3. The highest BCUT2D eigenvalue weighted by molar-refractivity contribution is 7.35. The van der Waals surface area contributed by atoms with Gasteiger partial charge in [-0.05, 0) is 82.9 Å². The van der Waals surface area contributed by atoms with Gasteiger partial charge in [-0.1, -0.05) is 67.8 Å². The zero-order valence-electron chi connectivity index (χ0n) is 28.5. The van der Waals surface area contributed by atoms with Crippen molar-refractivity contribution in [1.82, 2.24) is 0 Å². The molecule has 8 heteroatoms. The second-order valence-corrected chi connectivity index (χ2v) is 19.1. The molecule has 4 heterocycles. The van der Waals surface area contributed by atoms with E-state index in [1.807, 2.05) is 108 Å². The first-order valence-corrected chi connectivity index (χ1v) is 21.4. The number of fused-ring (bicyclic) bond motifs is 13. The molecule has 0 radical (unpaired) electrons. The van der Waals surface area contributed by atoms with Gasteiger partial charge in [0.2, 0.25) is 0 Å². The molecule has 0 amide bonds. The molecule has 0 bridgehead atoms. The van der Waals surface area contributed by atoms with Crippen molar-refractivity contribution in [2.24, 2.45) is 0 Å². The van der Waals surface area contributed by atoms with Gasteiger partial charge in [-0.25, -0.2) is 0 Å². The number of benzene rings is 4. The zero-order valence-corrected chi connectivity index (χ0v) is 31.8. The number of carbonyl (C=O) groups is 4. The van der Waals surface area contributed by atoms with E-state index < -0.39 is 0 Å². The van der Waals surface area contributed by atoms with Gasteiger partial charge in [-0.15, -0.1) is 45.3 Å². The van der Waals surface area contributed by atoms with E-state index in [0.717, 1.165) is 57.0 Å². The minimum atomic E-state index is -0.196. The van der Waals surface area contributed by atoms with Crippen LogP contribution < -0.4 is 0 Å². The lowest BCUT2D eigenvalue weighted by Crippen LogP contribution is -2.27. The summed E-state index contributed by atoms with van der Waals surface area (Å²) in [6, 6.07) is 27.5. The Morgan fingerprint density at radius 2 is 0.833 bits per heavy atom. The molecule has 4 aliphatic rings. The van der Waals surface area contributed by atoms with Gasteiger partial charge in [-0.3, -0.25) is 19.2 Å². The second-order valence-electron chi connectivity index (χ2n) is 14.9. The summed E-state index contributed by atoms with van der Waals surface area (Å²) in [4.78, 5) is 59.0. The molecule has 54 heavy (non-hydrogen) atoms. The van der Waals surface area contributed by atoms with Crippen LogP contribution in [0.3, 0.4) is 0 Å². The Morgan fingerprint density at radius 1 is 0.463 bits per heavy atom. The maximum atomic E-state index is 13.6. The Morgan fingerprint density at radius 3 is 1.20 bits per heavy atom. The van der Waals surface area contributed by atoms with Crippen molar-refractivity contribution < 1.29 is 19.2 Å². The largest absolute Gasteiger partial charge is 0.288 e. The van der Waals surface area contributed by atoms with Crippen molar-refractivity contribution in [1.29, 1.82) is 0 Å². The third-order valence-corrected chi connectivity index (χ3v) is 16.8. The lowest BCUT2D eigenvalue weighted by molar-refractivity contribution is 0.0975. The third-order valence-electron chi connectivity index (χ3n) is 11.9. The van der Waals surface area contributed by atoms with E-state index in [4.69, 9.17) is 0 Å². The van der Waals surface area contributed by atoms with Crippen LogP contribution in [0.5, 0.6) is 0 Å². The van der Waals surface area contributed by atoms with E-state index in [-0.39, 0.29) is 39.7 Å². The molecule has 4 aromatic heterocycles. The summed E-state index contributed by atoms with van der Waals surface area (Å²) >= 11 is 7.08. The zero-order chi connectivity index (χ0) is 36.0. The van der Waals surface area contributed by atoms with Crippen LogP contribution >= 0.6 is 45.3 Å². The molecule has 4 nitrogen and oxygen atoms in total. The predicted octanol–water partition coefficient (Wildman–Crippen LogP) is 12.7. The number of hydrogen-bond acceptors (Lipinski definition) is 8. The van der Waals surface area contributed by atoms with Gasteiger partial charge in [0.05, 0.1) is 30.3 Å². The van der Waals surface area contributed by atoms with Crippen molar-refractivity contribution in [3.63, 3.8) is 0 Å². The topological polar surface area (TPSA) is 68.3 Å². The van der Waals surface area contributed by atoms with E-state index >= 15 is 0 Å². The first-order valence-electron chi connectivity index (χ1n) is 18.2. The molecule has 0 saturated heterocycles. The number of ketones is 4. The average molecular weight is 771 g/mol. The van der Waals surface area contributed by atoms with Gasteiger partial charge < -0.3 is 0 Å². The van der Waals surface area contributed by atoms with Gasteiger partial charge in [0, 0.05) is 57.9 Å². The number of thiophene rings is 4. The molecule has 1 saturated carbocycles. The highest BCUT2D eigenvalue weighted by Crippen LogP contribution is 2.66. The van der Waals surface area contributed by atoms with Crippen LogP contribution in [-0.2, 0) is 5.41 Å². The smallest absolute Gasteiger partial charge is 0.197 e. The summed E-state index contributed by atoms with van der Waals surface area (Å²) in [5.41, 5.74) is 5.20. The molecule has 258 valence electrons. The lowest BCUT2D eigenvalue weighted by atomic mass is 9.68. The van der Waals surface area contributed by atoms with E-state index in [1.165, 1.54) is 46.1 Å². The Kier molecular flexibility index (Phi) is 6.36. The number of Topliss-reactive ketones (excluding diaryl/α,β-unsaturated/α-hetero) is 4. The number of allylic oxidation sites excluding steroid dienone is 2. The van der Waals surface area contributed by atoms with Gasteiger partial charge in [0.1, 0.15) is 0 Å². The Balaban J connectivity index is 0.940. The normalized spacial score (nSPS) is 17.1. The molecule has 4 aliphatic carbocycles. The molecular weight excluding hydrogens is 745 g/mol. The molecular formula is C46H26O4S4. The summed E-state index contributed by atoms with van der Waals surface area (Å²) in [5.74, 6) is -0.786. The summed E-state index contributed by atoms with van der Waals surface area (Å²) in [5, 5.41) is 3.83. The van der Waals surface area contributed by atoms with E-state index in [1.54, 1.807) is 22.7 Å². The quantitative estimate of drug-likeness (QED) is 0.130. The van der Waals surface area contributed by atoms with E-state index in [2.05, 4.69) is 12.1 Å². The molecule has 0 aliphatic heterocycles. The molecule has 0 N–H and O–H groups in total. The van der Waals surface area contributed by atoms with E-state index in [0.29, 0.717) is 22.3 Å². The highest BCUT2D eigenvalue weighted by atomic mass is 32.1. The van der Waals surface area contributed by atoms with Crippen LogP contribution in [0.25, 0.3) is 62.3 Å². The fraction of sp³-hybridized carbons (Fsp3) is 0.130. The first-order chi connectivity index (χ1) is 26.4. The summed E-state index contributed by atoms with van der Waals surface area (Å²) in [7, 11) is 0.